The first-order chi connectivity index (χ1) is 10.7. The molecular weight excluding hydrogens is 282 g/mol. The van der Waals surface area contributed by atoms with Crippen LogP contribution in [0.15, 0.2) is 15.0 Å². The summed E-state index contributed by atoms with van der Waals surface area (Å²) < 4.78 is 0. The molecule has 0 amide bonds. The van der Waals surface area contributed by atoms with Gasteiger partial charge in [-0.15, -0.1) is 0 Å². The van der Waals surface area contributed by atoms with Gasteiger partial charge < -0.3 is 0 Å². The molecule has 22 heavy (non-hydrogen) atoms. The molecule has 0 spiro atoms. The van der Waals surface area contributed by atoms with Crippen LogP contribution in [0.3, 0.4) is 0 Å². The quantitative estimate of drug-likeness (QED) is 0.577. The number of aliphatic imine (C=N–C) groups is 3. The van der Waals surface area contributed by atoms with Crippen LogP contribution in [0.5, 0.6) is 0 Å². The highest BCUT2D eigenvalue weighted by Crippen LogP contribution is 2.42. The van der Waals surface area contributed by atoms with E-state index in [1.807, 2.05) is 0 Å². The minimum Gasteiger partial charge on any atom is -0.211 e. The van der Waals surface area contributed by atoms with Crippen molar-refractivity contribution in [3.8, 4) is 0 Å². The average molecular weight is 303 g/mol. The lowest BCUT2D eigenvalue weighted by Crippen LogP contribution is -2.43. The van der Waals surface area contributed by atoms with Crippen LogP contribution in [-0.2, 0) is 14.4 Å². The summed E-state index contributed by atoms with van der Waals surface area (Å²) in [5.41, 5.74) is -0.524. The predicted molar refractivity (Wildman–Crippen MR) is 79.7 cm³/mol. The first kappa shape index (κ1) is 16.5. The molecule has 118 valence electrons. The minimum absolute atomic E-state index is 0.361. The van der Waals surface area contributed by atoms with Crippen LogP contribution in [0, 0.1) is 5.92 Å². The minimum atomic E-state index is -0.524. The van der Waals surface area contributed by atoms with Gasteiger partial charge in [0.25, 0.3) is 0 Å². The molecule has 0 heterocycles. The molecule has 0 N–H and O–H groups in total. The Morgan fingerprint density at radius 1 is 0.864 bits per heavy atom. The number of rotatable bonds is 5. The van der Waals surface area contributed by atoms with Crippen LogP contribution in [0.1, 0.15) is 57.8 Å². The van der Waals surface area contributed by atoms with Crippen LogP contribution in [0.25, 0.3) is 0 Å². The van der Waals surface area contributed by atoms with Crippen LogP contribution >= 0.6 is 0 Å². The standard InChI is InChI=1S/C16H21N3O3/c20-10-17-14-6-7-16(19-12-22,9-15(14)18-11-21)8-13-4-2-1-3-5-13/h13-15H,1-9H2. The summed E-state index contributed by atoms with van der Waals surface area (Å²) in [7, 11) is 0. The monoisotopic (exact) mass is 303 g/mol. The SMILES string of the molecule is O=C=NC1CCC(CC2CCCCC2)(N=C=O)CC1N=C=O. The molecule has 0 aromatic rings. The Labute approximate surface area is 129 Å². The highest BCUT2D eigenvalue weighted by molar-refractivity contribution is 5.38. The van der Waals surface area contributed by atoms with Gasteiger partial charge in [-0.2, -0.15) is 4.99 Å². The molecule has 0 bridgehead atoms. The lowest BCUT2D eigenvalue weighted by Gasteiger charge is -2.40. The molecular formula is C16H21N3O3. The van der Waals surface area contributed by atoms with E-state index in [-0.39, 0.29) is 6.04 Å². The predicted octanol–water partition coefficient (Wildman–Crippen LogP) is 2.62. The Bertz CT molecular complexity index is 525. The zero-order chi connectivity index (χ0) is 15.8. The van der Waals surface area contributed by atoms with Gasteiger partial charge in [0.1, 0.15) is 0 Å². The van der Waals surface area contributed by atoms with Crippen molar-refractivity contribution in [1.29, 1.82) is 0 Å². The van der Waals surface area contributed by atoms with Crippen molar-refractivity contribution >= 4 is 18.2 Å². The maximum absolute atomic E-state index is 10.9. The van der Waals surface area contributed by atoms with E-state index in [2.05, 4.69) is 15.0 Å². The van der Waals surface area contributed by atoms with E-state index in [0.29, 0.717) is 25.2 Å². The second kappa shape index (κ2) is 7.95. The van der Waals surface area contributed by atoms with E-state index < -0.39 is 11.6 Å². The lowest BCUT2D eigenvalue weighted by molar-refractivity contribution is 0.185. The maximum Gasteiger partial charge on any atom is 0.235 e. The first-order valence-corrected chi connectivity index (χ1v) is 7.96. The average Bonchev–Trinajstić information content (AvgIpc) is 2.52. The van der Waals surface area contributed by atoms with Crippen molar-refractivity contribution in [2.24, 2.45) is 20.9 Å². The van der Waals surface area contributed by atoms with Crippen molar-refractivity contribution in [2.75, 3.05) is 0 Å². The maximum atomic E-state index is 10.9. The molecule has 0 aliphatic heterocycles. The topological polar surface area (TPSA) is 88.3 Å². The molecule has 0 aromatic carbocycles. The van der Waals surface area contributed by atoms with E-state index >= 15 is 0 Å². The van der Waals surface area contributed by atoms with Gasteiger partial charge in [-0.05, 0) is 31.6 Å². The summed E-state index contributed by atoms with van der Waals surface area (Å²) in [6.45, 7) is 0. The molecule has 6 heteroatoms. The highest BCUT2D eigenvalue weighted by Gasteiger charge is 2.42. The van der Waals surface area contributed by atoms with Gasteiger partial charge >= 0.3 is 0 Å². The molecule has 3 atom stereocenters. The second-order valence-corrected chi connectivity index (χ2v) is 6.45. The molecule has 2 fully saturated rings. The van der Waals surface area contributed by atoms with Gasteiger partial charge in [0.2, 0.25) is 18.2 Å². The van der Waals surface area contributed by atoms with Crippen LogP contribution in [0.2, 0.25) is 0 Å². The number of hydrogen-bond acceptors (Lipinski definition) is 6. The van der Waals surface area contributed by atoms with Crippen LogP contribution in [0.4, 0.5) is 0 Å². The molecule has 2 aliphatic carbocycles. The molecule has 3 unspecified atom stereocenters. The third-order valence-electron chi connectivity index (χ3n) is 5.05. The van der Waals surface area contributed by atoms with E-state index in [4.69, 9.17) is 0 Å². The Balaban J connectivity index is 2.17. The summed E-state index contributed by atoms with van der Waals surface area (Å²) in [6.07, 6.45) is 13.3. The zero-order valence-electron chi connectivity index (χ0n) is 12.7. The second-order valence-electron chi connectivity index (χ2n) is 6.45. The van der Waals surface area contributed by atoms with Gasteiger partial charge in [-0.25, -0.2) is 24.4 Å². The van der Waals surface area contributed by atoms with Gasteiger partial charge in [0.15, 0.2) is 0 Å². The van der Waals surface area contributed by atoms with Crippen molar-refractivity contribution in [2.45, 2.75) is 75.4 Å². The Morgan fingerprint density at radius 2 is 1.55 bits per heavy atom. The molecule has 2 aliphatic rings. The number of carbonyl (C=O) groups excluding carboxylic acids is 3. The summed E-state index contributed by atoms with van der Waals surface area (Å²) in [5.74, 6) is 0.554. The van der Waals surface area contributed by atoms with Crippen LogP contribution < -0.4 is 0 Å². The van der Waals surface area contributed by atoms with Crippen molar-refractivity contribution in [1.82, 2.24) is 0 Å². The molecule has 2 rings (SSSR count). The largest absolute Gasteiger partial charge is 0.235 e. The van der Waals surface area contributed by atoms with Gasteiger partial charge in [0, 0.05) is 0 Å². The smallest absolute Gasteiger partial charge is 0.211 e. The fraction of sp³-hybridized carbons (Fsp3) is 0.812. The van der Waals surface area contributed by atoms with Gasteiger partial charge in [-0.3, -0.25) is 0 Å². The fourth-order valence-corrected chi connectivity index (χ4v) is 4.01. The number of isocyanates is 3. The summed E-state index contributed by atoms with van der Waals surface area (Å²) in [6, 6.07) is -0.811. The summed E-state index contributed by atoms with van der Waals surface area (Å²) in [5, 5.41) is 0. The number of hydrogen-bond donors (Lipinski definition) is 0. The summed E-state index contributed by atoms with van der Waals surface area (Å²) in [4.78, 5) is 43.7. The van der Waals surface area contributed by atoms with E-state index in [1.165, 1.54) is 19.3 Å². The number of nitrogens with zero attached hydrogens (tertiary/aromatic N) is 3. The summed E-state index contributed by atoms with van der Waals surface area (Å²) >= 11 is 0. The zero-order valence-corrected chi connectivity index (χ0v) is 12.7. The first-order valence-electron chi connectivity index (χ1n) is 7.96. The van der Waals surface area contributed by atoms with Gasteiger partial charge in [-0.1, -0.05) is 32.1 Å². The molecule has 0 aromatic heterocycles. The van der Waals surface area contributed by atoms with E-state index in [0.717, 1.165) is 19.3 Å². The molecule has 0 saturated heterocycles. The molecule has 0 radical (unpaired) electrons. The van der Waals surface area contributed by atoms with Crippen molar-refractivity contribution in [3.05, 3.63) is 0 Å². The fourth-order valence-electron chi connectivity index (χ4n) is 4.01. The Morgan fingerprint density at radius 3 is 2.18 bits per heavy atom. The van der Waals surface area contributed by atoms with E-state index in [1.54, 1.807) is 18.2 Å². The van der Waals surface area contributed by atoms with Gasteiger partial charge in [0.05, 0.1) is 17.6 Å². The normalized spacial score (nSPS) is 32.2. The third kappa shape index (κ3) is 4.08. The molecule has 6 nitrogen and oxygen atoms in total. The Kier molecular flexibility index (Phi) is 5.97. The van der Waals surface area contributed by atoms with Crippen molar-refractivity contribution < 1.29 is 14.4 Å². The van der Waals surface area contributed by atoms with E-state index in [9.17, 15) is 14.4 Å². The highest BCUT2D eigenvalue weighted by atomic mass is 16.1. The van der Waals surface area contributed by atoms with Crippen molar-refractivity contribution in [3.63, 3.8) is 0 Å². The Hall–Kier alpha value is -1.86. The molecule has 2 saturated carbocycles. The lowest BCUT2D eigenvalue weighted by atomic mass is 9.70. The van der Waals surface area contributed by atoms with Crippen LogP contribution in [-0.4, -0.2) is 35.9 Å². The third-order valence-corrected chi connectivity index (χ3v) is 5.05.